The normalized spacial score (nSPS) is 17.5. The highest BCUT2D eigenvalue weighted by Crippen LogP contribution is 2.29. The first-order valence-corrected chi connectivity index (χ1v) is 11.4. The Hall–Kier alpha value is -3.31. The second-order valence-corrected chi connectivity index (χ2v) is 8.57. The highest BCUT2D eigenvalue weighted by molar-refractivity contribution is 5.74. The number of aliphatic imine (C=N–C) groups is 1. The van der Waals surface area contributed by atoms with Crippen LogP contribution in [0.15, 0.2) is 53.5 Å². The van der Waals surface area contributed by atoms with Crippen LogP contribution in [0.25, 0.3) is 0 Å². The Kier molecular flexibility index (Phi) is 9.33. The van der Waals surface area contributed by atoms with Crippen molar-refractivity contribution in [3.63, 3.8) is 0 Å². The first kappa shape index (κ1) is 24.3. The largest absolute Gasteiger partial charge is 0.497 e. The number of urea groups is 1. The SMILES string of the molecule is COc1ccc(CN(Cc2ccc(OC)cc2)C(=O)NCC2CCCC(CN=C=O)C2)cc1. The van der Waals surface area contributed by atoms with Crippen molar-refractivity contribution in [2.24, 2.45) is 16.8 Å². The van der Waals surface area contributed by atoms with Gasteiger partial charge in [0.05, 0.1) is 20.8 Å². The zero-order valence-electron chi connectivity index (χ0n) is 19.5. The van der Waals surface area contributed by atoms with Gasteiger partial charge < -0.3 is 19.7 Å². The minimum absolute atomic E-state index is 0.0883. The summed E-state index contributed by atoms with van der Waals surface area (Å²) in [6.07, 6.45) is 5.87. The molecule has 3 rings (SSSR count). The smallest absolute Gasteiger partial charge is 0.318 e. The van der Waals surface area contributed by atoms with Crippen LogP contribution in [0.5, 0.6) is 11.5 Å². The monoisotopic (exact) mass is 451 g/mol. The summed E-state index contributed by atoms with van der Waals surface area (Å²) in [5, 5.41) is 3.14. The number of carbonyl (C=O) groups is 1. The number of hydrogen-bond donors (Lipinski definition) is 1. The van der Waals surface area contributed by atoms with Gasteiger partial charge in [-0.15, -0.1) is 0 Å². The van der Waals surface area contributed by atoms with E-state index in [0.717, 1.165) is 48.3 Å². The summed E-state index contributed by atoms with van der Waals surface area (Å²) in [4.78, 5) is 29.2. The quantitative estimate of drug-likeness (QED) is 0.424. The molecule has 7 nitrogen and oxygen atoms in total. The maximum absolute atomic E-state index is 13.2. The van der Waals surface area contributed by atoms with Crippen molar-refractivity contribution >= 4 is 12.1 Å². The van der Waals surface area contributed by atoms with Crippen molar-refractivity contribution in [3.05, 3.63) is 59.7 Å². The van der Waals surface area contributed by atoms with Crippen molar-refractivity contribution in [1.29, 1.82) is 0 Å². The molecule has 1 saturated carbocycles. The van der Waals surface area contributed by atoms with Gasteiger partial charge in [0.1, 0.15) is 11.5 Å². The summed E-state index contributed by atoms with van der Waals surface area (Å²) < 4.78 is 10.5. The van der Waals surface area contributed by atoms with E-state index in [9.17, 15) is 9.59 Å². The van der Waals surface area contributed by atoms with E-state index in [1.807, 2.05) is 53.4 Å². The highest BCUT2D eigenvalue weighted by atomic mass is 16.5. The second kappa shape index (κ2) is 12.7. The predicted octanol–water partition coefficient (Wildman–Crippen LogP) is 4.56. The van der Waals surface area contributed by atoms with Crippen molar-refractivity contribution < 1.29 is 19.1 Å². The lowest BCUT2D eigenvalue weighted by Crippen LogP contribution is -2.41. The molecule has 0 saturated heterocycles. The van der Waals surface area contributed by atoms with Gasteiger partial charge in [0.15, 0.2) is 0 Å². The van der Waals surface area contributed by atoms with Crippen LogP contribution in [0.3, 0.4) is 0 Å². The van der Waals surface area contributed by atoms with E-state index >= 15 is 0 Å². The number of isocyanates is 1. The fourth-order valence-electron chi connectivity index (χ4n) is 4.37. The zero-order valence-corrected chi connectivity index (χ0v) is 19.5. The summed E-state index contributed by atoms with van der Waals surface area (Å²) in [5.74, 6) is 2.38. The minimum Gasteiger partial charge on any atom is -0.497 e. The molecule has 0 bridgehead atoms. The number of nitrogens with zero attached hydrogens (tertiary/aromatic N) is 2. The molecule has 1 aliphatic rings. The summed E-state index contributed by atoms with van der Waals surface area (Å²) in [5.41, 5.74) is 2.06. The Labute approximate surface area is 195 Å². The second-order valence-electron chi connectivity index (χ2n) is 8.57. The van der Waals surface area contributed by atoms with Gasteiger partial charge in [-0.05, 0) is 66.5 Å². The topological polar surface area (TPSA) is 80.2 Å². The fraction of sp³-hybridized carbons (Fsp3) is 0.462. The molecule has 2 unspecified atom stereocenters. The van der Waals surface area contributed by atoms with Crippen LogP contribution in [0.4, 0.5) is 4.79 Å². The van der Waals surface area contributed by atoms with E-state index in [1.165, 1.54) is 0 Å². The average Bonchev–Trinajstić information content (AvgIpc) is 2.86. The molecule has 0 spiro atoms. The standard InChI is InChI=1S/C26H33N3O4/c1-32-24-10-6-20(7-11-24)17-29(18-21-8-12-25(33-2)13-9-21)26(31)28-16-23-5-3-4-22(14-23)15-27-19-30/h6-13,22-23H,3-5,14-18H2,1-2H3,(H,28,31). The molecule has 1 N–H and O–H groups in total. The molecule has 0 heterocycles. The third-order valence-electron chi connectivity index (χ3n) is 6.20. The Morgan fingerprint density at radius 3 is 2.03 bits per heavy atom. The van der Waals surface area contributed by atoms with E-state index in [-0.39, 0.29) is 6.03 Å². The predicted molar refractivity (Wildman–Crippen MR) is 127 cm³/mol. The molecule has 0 radical (unpaired) electrons. The van der Waals surface area contributed by atoms with Crippen molar-refractivity contribution in [2.75, 3.05) is 27.3 Å². The zero-order chi connectivity index (χ0) is 23.5. The molecular formula is C26H33N3O4. The van der Waals surface area contributed by atoms with Crippen LogP contribution in [-0.2, 0) is 17.9 Å². The Balaban J connectivity index is 1.64. The number of hydrogen-bond acceptors (Lipinski definition) is 5. The number of benzene rings is 2. The molecule has 1 aliphatic carbocycles. The fourth-order valence-corrected chi connectivity index (χ4v) is 4.37. The third-order valence-corrected chi connectivity index (χ3v) is 6.20. The maximum Gasteiger partial charge on any atom is 0.318 e. The Morgan fingerprint density at radius 2 is 1.52 bits per heavy atom. The van der Waals surface area contributed by atoms with Crippen molar-refractivity contribution in [3.8, 4) is 11.5 Å². The lowest BCUT2D eigenvalue weighted by atomic mass is 9.81. The van der Waals surface area contributed by atoms with Gasteiger partial charge in [-0.25, -0.2) is 14.6 Å². The molecular weight excluding hydrogens is 418 g/mol. The number of amides is 2. The van der Waals surface area contributed by atoms with E-state index in [0.29, 0.717) is 38.0 Å². The van der Waals surface area contributed by atoms with Crippen molar-refractivity contribution in [2.45, 2.75) is 38.8 Å². The summed E-state index contributed by atoms with van der Waals surface area (Å²) in [6, 6.07) is 15.4. The van der Waals surface area contributed by atoms with E-state index < -0.39 is 0 Å². The summed E-state index contributed by atoms with van der Waals surface area (Å²) in [7, 11) is 3.28. The highest BCUT2D eigenvalue weighted by Gasteiger charge is 2.23. The van der Waals surface area contributed by atoms with Crippen LogP contribution < -0.4 is 14.8 Å². The molecule has 1 fully saturated rings. The number of nitrogens with one attached hydrogen (secondary N) is 1. The maximum atomic E-state index is 13.2. The van der Waals surface area contributed by atoms with Gasteiger partial charge in [-0.3, -0.25) is 0 Å². The molecule has 2 aromatic carbocycles. The first-order valence-electron chi connectivity index (χ1n) is 11.4. The molecule has 176 valence electrons. The number of methoxy groups -OCH3 is 2. The summed E-state index contributed by atoms with van der Waals surface area (Å²) in [6.45, 7) is 2.14. The molecule has 0 aliphatic heterocycles. The van der Waals surface area contributed by atoms with Crippen LogP contribution in [-0.4, -0.2) is 44.3 Å². The van der Waals surface area contributed by atoms with Crippen molar-refractivity contribution in [1.82, 2.24) is 10.2 Å². The van der Waals surface area contributed by atoms with Gasteiger partial charge in [-0.1, -0.05) is 30.7 Å². The molecule has 7 heteroatoms. The van der Waals surface area contributed by atoms with Crippen LogP contribution >= 0.6 is 0 Å². The van der Waals surface area contributed by atoms with E-state index in [2.05, 4.69) is 10.3 Å². The minimum atomic E-state index is -0.0883. The molecule has 33 heavy (non-hydrogen) atoms. The third kappa shape index (κ3) is 7.65. The van der Waals surface area contributed by atoms with E-state index in [4.69, 9.17) is 9.47 Å². The lowest BCUT2D eigenvalue weighted by Gasteiger charge is -2.29. The van der Waals surface area contributed by atoms with Gasteiger partial charge >= 0.3 is 6.03 Å². The Bertz CT molecular complexity index is 874. The van der Waals surface area contributed by atoms with Gasteiger partial charge in [0.25, 0.3) is 0 Å². The first-order chi connectivity index (χ1) is 16.1. The lowest BCUT2D eigenvalue weighted by molar-refractivity contribution is 0.186. The molecule has 2 amide bonds. The van der Waals surface area contributed by atoms with Gasteiger partial charge in [0, 0.05) is 19.6 Å². The molecule has 0 aromatic heterocycles. The molecule has 2 atom stereocenters. The van der Waals surface area contributed by atoms with E-state index in [1.54, 1.807) is 20.3 Å². The van der Waals surface area contributed by atoms with Gasteiger partial charge in [-0.2, -0.15) is 0 Å². The molecule has 2 aromatic rings. The van der Waals surface area contributed by atoms with Crippen LogP contribution in [0.2, 0.25) is 0 Å². The summed E-state index contributed by atoms with van der Waals surface area (Å²) >= 11 is 0. The number of carbonyl (C=O) groups excluding carboxylic acids is 2. The number of ether oxygens (including phenoxy) is 2. The average molecular weight is 452 g/mol. The van der Waals surface area contributed by atoms with Gasteiger partial charge in [0.2, 0.25) is 6.08 Å². The Morgan fingerprint density at radius 1 is 0.970 bits per heavy atom. The van der Waals surface area contributed by atoms with Crippen LogP contribution in [0.1, 0.15) is 36.8 Å². The van der Waals surface area contributed by atoms with Crippen LogP contribution in [0, 0.1) is 11.8 Å². The number of rotatable bonds is 10.